The van der Waals surface area contributed by atoms with Crippen LogP contribution in [0.15, 0.2) is 77.7 Å². The molecule has 3 aromatic rings. The van der Waals surface area contributed by atoms with Crippen LogP contribution in [-0.4, -0.2) is 73.4 Å². The Bertz CT molecular complexity index is 1530. The second kappa shape index (κ2) is 14.3. The summed E-state index contributed by atoms with van der Waals surface area (Å²) < 4.78 is 45.9. The summed E-state index contributed by atoms with van der Waals surface area (Å²) in [4.78, 5) is 54.6. The van der Waals surface area contributed by atoms with Crippen molar-refractivity contribution in [3.63, 3.8) is 0 Å². The average molecular weight is 616 g/mol. The van der Waals surface area contributed by atoms with Gasteiger partial charge in [-0.25, -0.2) is 14.4 Å². The molecular weight excluding hydrogens is 585 g/mol. The second-order valence-electron chi connectivity index (χ2n) is 9.11. The van der Waals surface area contributed by atoms with Crippen LogP contribution in [0.25, 0.3) is 0 Å². The number of aromatic nitrogens is 2. The molecule has 1 unspecified atom stereocenters. The zero-order valence-electron chi connectivity index (χ0n) is 23.5. The lowest BCUT2D eigenvalue weighted by Gasteiger charge is -2.25. The highest BCUT2D eigenvalue weighted by Gasteiger charge is 2.45. The molecular formula is C28H30N3O11P. The maximum atomic E-state index is 13.0. The number of benzene rings is 2. The van der Waals surface area contributed by atoms with E-state index in [0.717, 1.165) is 25.9 Å². The summed E-state index contributed by atoms with van der Waals surface area (Å²) in [7, 11) is -0.851. The van der Waals surface area contributed by atoms with Crippen LogP contribution in [-0.2, 0) is 37.4 Å². The van der Waals surface area contributed by atoms with Gasteiger partial charge in [0.2, 0.25) is 0 Å². The molecule has 2 aromatic carbocycles. The van der Waals surface area contributed by atoms with Crippen LogP contribution in [0.3, 0.4) is 0 Å². The van der Waals surface area contributed by atoms with E-state index in [0.29, 0.717) is 5.56 Å². The number of nitrogens with zero attached hydrogens (tertiary/aromatic N) is 2. The first-order valence-electron chi connectivity index (χ1n) is 13.0. The zero-order chi connectivity index (χ0) is 31.0. The fourth-order valence-corrected chi connectivity index (χ4v) is 5.41. The van der Waals surface area contributed by atoms with Gasteiger partial charge < -0.3 is 33.3 Å². The molecule has 0 radical (unpaired) electrons. The van der Waals surface area contributed by atoms with Crippen LogP contribution in [0, 0.1) is 0 Å². The molecule has 2 heterocycles. The summed E-state index contributed by atoms with van der Waals surface area (Å²) in [5, 5.41) is 2.57. The van der Waals surface area contributed by atoms with Gasteiger partial charge in [-0.1, -0.05) is 36.4 Å². The van der Waals surface area contributed by atoms with E-state index < -0.39 is 62.0 Å². The van der Waals surface area contributed by atoms with E-state index >= 15 is 0 Å². The van der Waals surface area contributed by atoms with Gasteiger partial charge in [0, 0.05) is 32.4 Å². The summed E-state index contributed by atoms with van der Waals surface area (Å²) >= 11 is 0. The average Bonchev–Trinajstić information content (AvgIpc) is 3.43. The van der Waals surface area contributed by atoms with Crippen LogP contribution in [0.1, 0.15) is 33.4 Å². The van der Waals surface area contributed by atoms with Crippen LogP contribution in [0.4, 0.5) is 5.82 Å². The van der Waals surface area contributed by atoms with Crippen molar-refractivity contribution in [2.24, 2.45) is 0 Å². The third kappa shape index (κ3) is 7.61. The van der Waals surface area contributed by atoms with Crippen molar-refractivity contribution >= 4 is 31.3 Å². The normalized spacial score (nSPS) is 18.9. The Balaban J connectivity index is 1.54. The first kappa shape index (κ1) is 31.7. The monoisotopic (exact) mass is 615 g/mol. The number of carbonyl (C=O) groups excluding carboxylic acids is 3. The number of nitrogens with one attached hydrogen (secondary N) is 1. The number of hydrogen-bond donors (Lipinski definition) is 1. The lowest BCUT2D eigenvalue weighted by Crippen LogP contribution is -2.35. The fourth-order valence-electron chi connectivity index (χ4n) is 4.25. The molecule has 43 heavy (non-hydrogen) atoms. The van der Waals surface area contributed by atoms with Gasteiger partial charge in [0.25, 0.3) is 11.8 Å². The molecule has 4 atom stereocenters. The van der Waals surface area contributed by atoms with Crippen molar-refractivity contribution in [2.75, 3.05) is 33.3 Å². The maximum Gasteiger partial charge on any atom is 0.370 e. The molecule has 0 saturated carbocycles. The Morgan fingerprint density at radius 2 is 1.63 bits per heavy atom. The summed E-state index contributed by atoms with van der Waals surface area (Å²) in [5.41, 5.74) is -0.0878. The van der Waals surface area contributed by atoms with Gasteiger partial charge in [-0.2, -0.15) is 4.98 Å². The smallest absolute Gasteiger partial charge is 0.370 e. The molecule has 1 amide bonds. The minimum atomic E-state index is -4.10. The van der Waals surface area contributed by atoms with Crippen molar-refractivity contribution < 1.29 is 46.9 Å². The molecule has 0 spiro atoms. The molecule has 228 valence electrons. The van der Waals surface area contributed by atoms with Gasteiger partial charge in [-0.15, -0.1) is 0 Å². The van der Waals surface area contributed by atoms with Crippen LogP contribution >= 0.6 is 7.60 Å². The zero-order valence-corrected chi connectivity index (χ0v) is 24.4. The third-order valence-electron chi connectivity index (χ3n) is 6.48. The second-order valence-corrected chi connectivity index (χ2v) is 11.4. The van der Waals surface area contributed by atoms with Gasteiger partial charge in [0.1, 0.15) is 24.3 Å². The Kier molecular flexibility index (Phi) is 10.6. The topological polar surface area (TPSA) is 171 Å². The maximum absolute atomic E-state index is 13.0. The van der Waals surface area contributed by atoms with Crippen molar-refractivity contribution in [1.82, 2.24) is 9.55 Å². The number of ether oxygens (including phenoxy) is 4. The summed E-state index contributed by atoms with van der Waals surface area (Å²) in [6.45, 7) is -0.424. The lowest BCUT2D eigenvalue weighted by molar-refractivity contribution is -0.153. The van der Waals surface area contributed by atoms with Crippen molar-refractivity contribution in [3.05, 3.63) is 94.5 Å². The number of amides is 1. The molecule has 0 aliphatic carbocycles. The molecule has 1 N–H and O–H groups in total. The highest BCUT2D eigenvalue weighted by atomic mass is 31.2. The predicted molar refractivity (Wildman–Crippen MR) is 150 cm³/mol. The van der Waals surface area contributed by atoms with Gasteiger partial charge in [-0.05, 0) is 30.3 Å². The first-order chi connectivity index (χ1) is 20.7. The molecule has 1 saturated heterocycles. The highest BCUT2D eigenvalue weighted by Crippen LogP contribution is 2.52. The van der Waals surface area contributed by atoms with Crippen LogP contribution < -0.4 is 11.0 Å². The van der Waals surface area contributed by atoms with Gasteiger partial charge >= 0.3 is 25.2 Å². The summed E-state index contributed by atoms with van der Waals surface area (Å²) in [6, 6.07) is 18.0. The van der Waals surface area contributed by atoms with Gasteiger partial charge in [0.15, 0.2) is 0 Å². The predicted octanol–water partition coefficient (Wildman–Crippen LogP) is 3.01. The van der Waals surface area contributed by atoms with Crippen LogP contribution in [0.5, 0.6) is 0 Å². The highest BCUT2D eigenvalue weighted by molar-refractivity contribution is 7.55. The fraction of sp³-hybridized carbons (Fsp3) is 0.321. The minimum Gasteiger partial charge on any atom is -0.467 e. The van der Waals surface area contributed by atoms with Gasteiger partial charge in [-0.3, -0.25) is 13.9 Å². The quantitative estimate of drug-likeness (QED) is 0.234. The molecule has 0 bridgehead atoms. The van der Waals surface area contributed by atoms with E-state index in [4.69, 9.17) is 28.0 Å². The summed E-state index contributed by atoms with van der Waals surface area (Å²) in [6.07, 6.45) is -1.60. The molecule has 1 aliphatic heterocycles. The molecule has 4 rings (SSSR count). The molecule has 1 fully saturated rings. The molecule has 15 heteroatoms. The Morgan fingerprint density at radius 1 is 1.00 bits per heavy atom. The number of anilines is 1. The van der Waals surface area contributed by atoms with E-state index in [1.54, 1.807) is 60.7 Å². The van der Waals surface area contributed by atoms with Crippen molar-refractivity contribution in [3.8, 4) is 0 Å². The summed E-state index contributed by atoms with van der Waals surface area (Å²) in [5.74, 6) is -3.87. The molecule has 1 aromatic heterocycles. The standard InChI is InChI=1S/C28H30N3O11P/c1-37-26(34)27(43(36,38-2)39-3)40-17-21-20(42-25(33)19-12-8-5-9-13-19)16-23(41-21)31-15-14-22(30-28(31)35)29-24(32)18-10-6-4-7-11-18/h4-15,20-21,23,27H,16-17H2,1-3H3,(H,29,30,32,35)/t20-,21+,23+,27?/m0/s1. The Hall–Kier alpha value is -4.20. The van der Waals surface area contributed by atoms with E-state index in [2.05, 4.69) is 10.3 Å². The largest absolute Gasteiger partial charge is 0.467 e. The Morgan fingerprint density at radius 3 is 2.21 bits per heavy atom. The van der Waals surface area contributed by atoms with E-state index in [1.165, 1.54) is 12.3 Å². The van der Waals surface area contributed by atoms with Gasteiger partial charge in [0.05, 0.1) is 19.3 Å². The van der Waals surface area contributed by atoms with Crippen molar-refractivity contribution in [1.29, 1.82) is 0 Å². The lowest BCUT2D eigenvalue weighted by atomic mass is 10.1. The number of methoxy groups -OCH3 is 1. The number of hydrogen-bond acceptors (Lipinski definition) is 12. The molecule has 1 aliphatic rings. The van der Waals surface area contributed by atoms with Crippen molar-refractivity contribution in [2.45, 2.75) is 30.7 Å². The SMILES string of the molecule is COC(=O)C(OC[C@H]1O[C@@H](n2ccc(NC(=O)c3ccccc3)nc2=O)C[C@@H]1OC(=O)c1ccccc1)P(=O)(OC)OC. The van der Waals surface area contributed by atoms with E-state index in [9.17, 15) is 23.7 Å². The third-order valence-corrected chi connectivity index (χ3v) is 8.44. The number of esters is 2. The number of rotatable bonds is 12. The minimum absolute atomic E-state index is 0.000977. The molecule has 14 nitrogen and oxygen atoms in total. The van der Waals surface area contributed by atoms with E-state index in [1.807, 2.05) is 0 Å². The van der Waals surface area contributed by atoms with Crippen LogP contribution in [0.2, 0.25) is 0 Å². The first-order valence-corrected chi connectivity index (χ1v) is 14.6. The van der Waals surface area contributed by atoms with E-state index in [-0.39, 0.29) is 17.8 Å². The Labute approximate surface area is 246 Å². The number of carbonyl (C=O) groups is 3.